The van der Waals surface area contributed by atoms with Crippen molar-refractivity contribution in [3.05, 3.63) is 78.1 Å². The molecule has 2 fully saturated rings. The predicted molar refractivity (Wildman–Crippen MR) is 158 cm³/mol. The van der Waals surface area contributed by atoms with E-state index in [2.05, 4.69) is 9.97 Å². The first-order valence-corrected chi connectivity index (χ1v) is 14.6. The van der Waals surface area contributed by atoms with Crippen LogP contribution in [0.25, 0.3) is 0 Å². The molecule has 1 saturated heterocycles. The largest absolute Gasteiger partial charge is 0.453 e. The molecule has 0 atom stereocenters. The highest BCUT2D eigenvalue weighted by atomic mass is 19.1. The number of ether oxygens (including phenoxy) is 2. The average Bonchev–Trinajstić information content (AvgIpc) is 2.92. The molecule has 0 unspecified atom stereocenters. The van der Waals surface area contributed by atoms with Gasteiger partial charge in [-0.15, -0.1) is 0 Å². The first kappa shape index (κ1) is 29.5. The molecule has 3 aromatic rings. The third kappa shape index (κ3) is 6.40. The van der Waals surface area contributed by atoms with E-state index in [9.17, 15) is 14.0 Å². The molecular formula is C33H39FN4O4. The number of aromatic nitrogens is 2. The van der Waals surface area contributed by atoms with Gasteiger partial charge in [-0.2, -0.15) is 0 Å². The van der Waals surface area contributed by atoms with Crippen LogP contribution in [0.4, 0.5) is 14.9 Å². The lowest BCUT2D eigenvalue weighted by Gasteiger charge is -2.52. The van der Waals surface area contributed by atoms with Gasteiger partial charge in [0.25, 0.3) is 5.91 Å². The maximum absolute atomic E-state index is 14.5. The predicted octanol–water partition coefficient (Wildman–Crippen LogP) is 7.36. The Labute approximate surface area is 246 Å². The zero-order valence-electron chi connectivity index (χ0n) is 25.0. The van der Waals surface area contributed by atoms with Gasteiger partial charge in [0.15, 0.2) is 5.75 Å². The van der Waals surface area contributed by atoms with Crippen molar-refractivity contribution >= 4 is 17.7 Å². The molecule has 1 aromatic heterocycles. The van der Waals surface area contributed by atoms with Crippen LogP contribution in [0.15, 0.2) is 61.1 Å². The smallest absolute Gasteiger partial charge is 0.410 e. The molecule has 222 valence electrons. The van der Waals surface area contributed by atoms with Crippen LogP contribution >= 0.6 is 0 Å². The van der Waals surface area contributed by atoms with Crippen LogP contribution in [-0.2, 0) is 4.74 Å². The topological polar surface area (TPSA) is 84.9 Å². The molecule has 1 aliphatic heterocycles. The van der Waals surface area contributed by atoms with Crippen LogP contribution in [-0.4, -0.2) is 51.6 Å². The monoisotopic (exact) mass is 574 g/mol. The maximum Gasteiger partial charge on any atom is 0.410 e. The first-order valence-electron chi connectivity index (χ1n) is 14.6. The highest BCUT2D eigenvalue weighted by Crippen LogP contribution is 2.57. The quantitative estimate of drug-likeness (QED) is 0.306. The van der Waals surface area contributed by atoms with Crippen LogP contribution in [0.3, 0.4) is 0 Å². The molecular weight excluding hydrogens is 535 g/mol. The van der Waals surface area contributed by atoms with Gasteiger partial charge in [0.1, 0.15) is 23.5 Å². The standard InChI is InChI=1S/C33H39FN4O4/c1-22(2)38(25-9-7-6-8-10-25)30(39)26-17-24(34)11-12-27(26)41-28-20-35-21-36-29(28)23-18-33(19-23)13-15-37(16-14-33)31(40)42-32(3,4)5/h6-12,17,20-23H,13-16,18-19H2,1-5H3. The average molecular weight is 575 g/mol. The van der Waals surface area contributed by atoms with Crippen molar-refractivity contribution in [3.63, 3.8) is 0 Å². The summed E-state index contributed by atoms with van der Waals surface area (Å²) in [6.07, 6.45) is 6.52. The van der Waals surface area contributed by atoms with Gasteiger partial charge < -0.3 is 19.3 Å². The van der Waals surface area contributed by atoms with Gasteiger partial charge in [0.05, 0.1) is 17.5 Å². The number of hydrogen-bond donors (Lipinski definition) is 0. The van der Waals surface area contributed by atoms with Crippen molar-refractivity contribution in [1.82, 2.24) is 14.9 Å². The van der Waals surface area contributed by atoms with Gasteiger partial charge in [-0.3, -0.25) is 4.79 Å². The van der Waals surface area contributed by atoms with E-state index in [-0.39, 0.29) is 40.7 Å². The molecule has 8 nitrogen and oxygen atoms in total. The second-order valence-electron chi connectivity index (χ2n) is 12.7. The van der Waals surface area contributed by atoms with Crippen molar-refractivity contribution in [2.45, 2.75) is 77.9 Å². The molecule has 1 aliphatic carbocycles. The second kappa shape index (κ2) is 11.7. The number of carbonyl (C=O) groups is 2. The molecule has 1 saturated carbocycles. The Kier molecular flexibility index (Phi) is 8.21. The number of rotatable bonds is 6. The molecule has 42 heavy (non-hydrogen) atoms. The van der Waals surface area contributed by atoms with Crippen molar-refractivity contribution in [1.29, 1.82) is 0 Å². The highest BCUT2D eigenvalue weighted by molar-refractivity contribution is 6.08. The van der Waals surface area contributed by atoms with E-state index in [0.29, 0.717) is 24.5 Å². The van der Waals surface area contributed by atoms with Gasteiger partial charge in [0.2, 0.25) is 0 Å². The Morgan fingerprint density at radius 1 is 1.05 bits per heavy atom. The normalized spacial score (nSPS) is 16.7. The van der Waals surface area contributed by atoms with Crippen molar-refractivity contribution in [2.75, 3.05) is 18.0 Å². The number of para-hydroxylation sites is 1. The number of halogens is 1. The number of likely N-dealkylation sites (tertiary alicyclic amines) is 1. The molecule has 2 aromatic carbocycles. The van der Waals surface area contributed by atoms with E-state index in [1.807, 2.05) is 65.0 Å². The molecule has 0 N–H and O–H groups in total. The number of carbonyl (C=O) groups excluding carboxylic acids is 2. The third-order valence-electron chi connectivity index (χ3n) is 8.09. The Hall–Kier alpha value is -4.01. The molecule has 9 heteroatoms. The van der Waals surface area contributed by atoms with Gasteiger partial charge in [-0.05, 0) is 96.0 Å². The van der Waals surface area contributed by atoms with E-state index >= 15 is 0 Å². The minimum absolute atomic E-state index is 0.127. The number of piperidine rings is 1. The van der Waals surface area contributed by atoms with Crippen LogP contribution in [0.5, 0.6) is 11.5 Å². The Bertz CT molecular complexity index is 1420. The minimum Gasteiger partial charge on any atom is -0.453 e. The lowest BCUT2D eigenvalue weighted by Crippen LogP contribution is -2.49. The highest BCUT2D eigenvalue weighted by Gasteiger charge is 2.48. The number of nitrogens with zero attached hydrogens (tertiary/aromatic N) is 4. The lowest BCUT2D eigenvalue weighted by atomic mass is 9.56. The summed E-state index contributed by atoms with van der Waals surface area (Å²) in [5, 5.41) is 0. The van der Waals surface area contributed by atoms with Crippen LogP contribution in [0, 0.1) is 11.2 Å². The summed E-state index contributed by atoms with van der Waals surface area (Å²) in [5.41, 5.74) is 1.25. The first-order chi connectivity index (χ1) is 19.9. The van der Waals surface area contributed by atoms with Gasteiger partial charge in [-0.25, -0.2) is 19.2 Å². The molecule has 0 bridgehead atoms. The zero-order chi connectivity index (χ0) is 30.1. The molecule has 2 amide bonds. The van der Waals surface area contributed by atoms with E-state index in [1.54, 1.807) is 16.0 Å². The molecule has 2 heterocycles. The van der Waals surface area contributed by atoms with Crippen molar-refractivity contribution in [2.24, 2.45) is 5.41 Å². The van der Waals surface area contributed by atoms with Crippen LogP contribution in [0.1, 0.15) is 82.3 Å². The summed E-state index contributed by atoms with van der Waals surface area (Å²) in [5.74, 6) is -0.0139. The summed E-state index contributed by atoms with van der Waals surface area (Å²) < 4.78 is 26.3. The SMILES string of the molecule is CC(C)N(C(=O)c1cc(F)ccc1Oc1cncnc1C1CC2(CCN(C(=O)OC(C)(C)C)CC2)C1)c1ccccc1. The number of hydrogen-bond acceptors (Lipinski definition) is 6. The fourth-order valence-corrected chi connectivity index (χ4v) is 6.03. The van der Waals surface area contributed by atoms with E-state index in [1.165, 1.54) is 24.5 Å². The molecule has 0 radical (unpaired) electrons. The molecule has 2 aliphatic rings. The van der Waals surface area contributed by atoms with Crippen LogP contribution in [0.2, 0.25) is 0 Å². The summed E-state index contributed by atoms with van der Waals surface area (Å²) >= 11 is 0. The van der Waals surface area contributed by atoms with E-state index < -0.39 is 11.4 Å². The number of amides is 2. The lowest BCUT2D eigenvalue weighted by molar-refractivity contribution is -0.0128. The van der Waals surface area contributed by atoms with Crippen molar-refractivity contribution < 1.29 is 23.5 Å². The van der Waals surface area contributed by atoms with Gasteiger partial charge in [0, 0.05) is 30.7 Å². The Morgan fingerprint density at radius 3 is 2.38 bits per heavy atom. The Balaban J connectivity index is 1.31. The van der Waals surface area contributed by atoms with Gasteiger partial charge >= 0.3 is 6.09 Å². The maximum atomic E-state index is 14.5. The Morgan fingerprint density at radius 2 is 1.74 bits per heavy atom. The second-order valence-corrected chi connectivity index (χ2v) is 12.7. The van der Waals surface area contributed by atoms with E-state index in [4.69, 9.17) is 9.47 Å². The summed E-state index contributed by atoms with van der Waals surface area (Å²) in [4.78, 5) is 38.5. The molecule has 1 spiro atoms. The third-order valence-corrected chi connectivity index (χ3v) is 8.09. The van der Waals surface area contributed by atoms with Crippen molar-refractivity contribution in [3.8, 4) is 11.5 Å². The fraction of sp³-hybridized carbons (Fsp3) is 0.455. The summed E-state index contributed by atoms with van der Waals surface area (Å²) in [6, 6.07) is 13.1. The minimum atomic E-state index is -0.523. The molecule has 5 rings (SSSR count). The zero-order valence-corrected chi connectivity index (χ0v) is 25.0. The fourth-order valence-electron chi connectivity index (χ4n) is 6.03. The summed E-state index contributed by atoms with van der Waals surface area (Å²) in [6.45, 7) is 10.8. The van der Waals surface area contributed by atoms with Crippen LogP contribution < -0.4 is 9.64 Å². The van der Waals surface area contributed by atoms with Gasteiger partial charge in [-0.1, -0.05) is 18.2 Å². The summed E-state index contributed by atoms with van der Waals surface area (Å²) in [7, 11) is 0. The number of benzene rings is 2. The number of anilines is 1. The van der Waals surface area contributed by atoms with E-state index in [0.717, 1.165) is 31.4 Å².